The Morgan fingerprint density at radius 3 is 1.60 bits per heavy atom. The number of anilines is 1. The van der Waals surface area contributed by atoms with Crippen molar-refractivity contribution in [1.29, 1.82) is 0 Å². The van der Waals surface area contributed by atoms with Crippen LogP contribution in [0.25, 0.3) is 11.1 Å². The minimum absolute atomic E-state index is 0.154. The van der Waals surface area contributed by atoms with E-state index in [0.717, 1.165) is 28.0 Å². The molecule has 290 valence electrons. The van der Waals surface area contributed by atoms with E-state index in [2.05, 4.69) is 10.3 Å². The fourth-order valence-corrected chi connectivity index (χ4v) is 7.35. The van der Waals surface area contributed by atoms with Gasteiger partial charge in [-0.2, -0.15) is 0 Å². The van der Waals surface area contributed by atoms with Gasteiger partial charge >= 0.3 is 5.97 Å². The molecule has 13 heteroatoms. The van der Waals surface area contributed by atoms with Crippen LogP contribution in [0.3, 0.4) is 0 Å². The summed E-state index contributed by atoms with van der Waals surface area (Å²) in [6.45, 7) is 0.579. The van der Waals surface area contributed by atoms with Crippen LogP contribution in [0.4, 0.5) is 17.1 Å². The Morgan fingerprint density at radius 2 is 1.16 bits per heavy atom. The maximum absolute atomic E-state index is 13.8. The molecule has 0 aliphatic carbocycles. The first-order chi connectivity index (χ1) is 27.8. The van der Waals surface area contributed by atoms with E-state index in [1.54, 1.807) is 52.4 Å². The fraction of sp³-hybridized carbons (Fsp3) is 0.250. The highest BCUT2D eigenvalue weighted by molar-refractivity contribution is 6.06. The number of methoxy groups -OCH3 is 3. The van der Waals surface area contributed by atoms with Gasteiger partial charge in [0.05, 0.1) is 74.7 Å². The summed E-state index contributed by atoms with van der Waals surface area (Å²) in [5.41, 5.74) is 7.31. The predicted octanol–water partition coefficient (Wildman–Crippen LogP) is 7.32. The minimum atomic E-state index is -0.405. The van der Waals surface area contributed by atoms with Gasteiger partial charge < -0.3 is 38.8 Å². The Labute approximate surface area is 329 Å². The second-order valence-corrected chi connectivity index (χ2v) is 13.8. The number of esters is 1. The van der Waals surface area contributed by atoms with Gasteiger partial charge in [-0.15, -0.1) is 0 Å². The lowest BCUT2D eigenvalue weighted by molar-refractivity contribution is 0.0600. The van der Waals surface area contributed by atoms with Crippen molar-refractivity contribution in [1.82, 2.24) is 9.80 Å². The molecule has 0 fully saturated rings. The van der Waals surface area contributed by atoms with Crippen molar-refractivity contribution in [3.8, 4) is 23.0 Å². The van der Waals surface area contributed by atoms with Gasteiger partial charge in [-0.1, -0.05) is 24.3 Å². The van der Waals surface area contributed by atoms with Crippen molar-refractivity contribution < 1.29 is 38.1 Å². The maximum atomic E-state index is 13.8. The zero-order valence-corrected chi connectivity index (χ0v) is 32.0. The Morgan fingerprint density at radius 1 is 0.684 bits per heavy atom. The van der Waals surface area contributed by atoms with Gasteiger partial charge in [-0.05, 0) is 58.7 Å². The van der Waals surface area contributed by atoms with E-state index in [1.807, 2.05) is 62.1 Å². The van der Waals surface area contributed by atoms with Crippen LogP contribution in [0, 0.1) is 0 Å². The number of rotatable bonds is 12. The van der Waals surface area contributed by atoms with E-state index in [-0.39, 0.29) is 30.5 Å². The van der Waals surface area contributed by atoms with Crippen molar-refractivity contribution in [2.45, 2.75) is 31.3 Å². The fourth-order valence-electron chi connectivity index (χ4n) is 7.35. The third-order valence-corrected chi connectivity index (χ3v) is 10.5. The van der Waals surface area contributed by atoms with Gasteiger partial charge in [0.1, 0.15) is 0 Å². The van der Waals surface area contributed by atoms with E-state index in [0.29, 0.717) is 76.9 Å². The lowest BCUT2D eigenvalue weighted by Crippen LogP contribution is -2.32. The normalized spacial score (nSPS) is 17.7. The van der Waals surface area contributed by atoms with Crippen molar-refractivity contribution in [3.05, 3.63) is 113 Å². The van der Waals surface area contributed by atoms with E-state index in [4.69, 9.17) is 28.7 Å². The number of nitrogens with one attached hydrogen (secondary N) is 1. The van der Waals surface area contributed by atoms with Crippen molar-refractivity contribution >= 4 is 58.4 Å². The van der Waals surface area contributed by atoms with Crippen LogP contribution >= 0.6 is 0 Å². The molecule has 4 aromatic carbocycles. The molecular formula is C44H41N5O8. The predicted molar refractivity (Wildman–Crippen MR) is 217 cm³/mol. The highest BCUT2D eigenvalue weighted by Gasteiger charge is 2.35. The summed E-state index contributed by atoms with van der Waals surface area (Å²) in [5.74, 6) is 0.990. The number of hydrogen-bond donors (Lipinski definition) is 1. The van der Waals surface area contributed by atoms with Gasteiger partial charge in [0, 0.05) is 69.0 Å². The molecule has 4 aliphatic heterocycles. The van der Waals surface area contributed by atoms with E-state index >= 15 is 0 Å². The molecular weight excluding hydrogens is 727 g/mol. The zero-order chi connectivity index (χ0) is 39.6. The molecule has 57 heavy (non-hydrogen) atoms. The van der Waals surface area contributed by atoms with Crippen LogP contribution in [0.5, 0.6) is 23.0 Å². The number of hydrogen-bond acceptors (Lipinski definition) is 11. The van der Waals surface area contributed by atoms with Gasteiger partial charge in [-0.3, -0.25) is 19.6 Å². The highest BCUT2D eigenvalue weighted by Crippen LogP contribution is 2.42. The summed E-state index contributed by atoms with van der Waals surface area (Å²) < 4.78 is 28.3. The summed E-state index contributed by atoms with van der Waals surface area (Å²) in [6.07, 6.45) is 9.08. The summed E-state index contributed by atoms with van der Waals surface area (Å²) in [6, 6.07) is 21.6. The molecule has 4 heterocycles. The Balaban J connectivity index is 0.901. The number of benzene rings is 4. The number of amides is 2. The molecule has 1 N–H and O–H groups in total. The molecule has 2 amide bonds. The Bertz CT molecular complexity index is 2370. The quantitative estimate of drug-likeness (QED) is 0.116. The molecule has 0 saturated carbocycles. The number of aliphatic imine (C=N–C) groups is 2. The summed E-state index contributed by atoms with van der Waals surface area (Å²) in [7, 11) is 6.29. The molecule has 0 spiro atoms. The molecule has 2 atom stereocenters. The molecule has 4 aromatic rings. The van der Waals surface area contributed by atoms with Gasteiger partial charge in [0.2, 0.25) is 0 Å². The number of carbonyl (C=O) groups excluding carboxylic acids is 3. The van der Waals surface area contributed by atoms with Gasteiger partial charge in [0.25, 0.3) is 11.8 Å². The monoisotopic (exact) mass is 767 g/mol. The summed E-state index contributed by atoms with van der Waals surface area (Å²) in [5, 5.41) is 3.13. The molecule has 0 radical (unpaired) electrons. The molecule has 0 bridgehead atoms. The number of ether oxygens (including phenoxy) is 5. The van der Waals surface area contributed by atoms with Crippen LogP contribution < -0.4 is 24.3 Å². The third-order valence-electron chi connectivity index (χ3n) is 10.5. The van der Waals surface area contributed by atoms with E-state index < -0.39 is 5.97 Å². The second kappa shape index (κ2) is 15.7. The average Bonchev–Trinajstić information content (AvgIpc) is 3.83. The van der Waals surface area contributed by atoms with Crippen LogP contribution in [0.15, 0.2) is 95.2 Å². The number of carbonyl (C=O) groups is 3. The molecule has 0 aromatic heterocycles. The Kier molecular flexibility index (Phi) is 10.2. The van der Waals surface area contributed by atoms with Gasteiger partial charge in [0.15, 0.2) is 23.0 Å². The highest BCUT2D eigenvalue weighted by atomic mass is 16.5. The van der Waals surface area contributed by atoms with Crippen molar-refractivity contribution in [2.75, 3.05) is 46.9 Å². The maximum Gasteiger partial charge on any atom is 0.337 e. The smallest absolute Gasteiger partial charge is 0.337 e. The largest absolute Gasteiger partial charge is 0.493 e. The minimum Gasteiger partial charge on any atom is -0.493 e. The van der Waals surface area contributed by atoms with Gasteiger partial charge in [-0.25, -0.2) is 4.79 Å². The van der Waals surface area contributed by atoms with Crippen LogP contribution in [0.1, 0.15) is 61.5 Å². The van der Waals surface area contributed by atoms with E-state index in [1.165, 1.54) is 21.3 Å². The summed E-state index contributed by atoms with van der Waals surface area (Å²) in [4.78, 5) is 52.2. The van der Waals surface area contributed by atoms with Crippen molar-refractivity contribution in [2.24, 2.45) is 9.98 Å². The lowest BCUT2D eigenvalue weighted by atomic mass is 10.0. The van der Waals surface area contributed by atoms with E-state index in [9.17, 15) is 14.4 Å². The molecule has 2 unspecified atom stereocenters. The Hall–Kier alpha value is -6.89. The number of fused-ring (bicyclic) bond motifs is 4. The SMILES string of the molecule is CNc1ccc(C2=CN3C(=O)c4cc(OC)c(OCCCOc5cc6c(cc5OC)C(=O)N5C=C(c7ccc(C(=O)OC)cc7)CC5C=N6)cc4N=CC3C2)cc1. The number of nitrogens with zero attached hydrogens (tertiary/aromatic N) is 4. The second-order valence-electron chi connectivity index (χ2n) is 13.8. The first-order valence-corrected chi connectivity index (χ1v) is 18.6. The zero-order valence-electron chi connectivity index (χ0n) is 32.0. The van der Waals surface area contributed by atoms with Crippen LogP contribution in [-0.4, -0.2) is 93.7 Å². The average molecular weight is 768 g/mol. The van der Waals surface area contributed by atoms with Crippen LogP contribution in [0.2, 0.25) is 0 Å². The summed E-state index contributed by atoms with van der Waals surface area (Å²) >= 11 is 0. The standard InChI is InChI=1S/C44H41N5O8/c1-45-31-12-10-27(11-13-31)30-17-33-23-47-37-21-41(39(54-3)19-35(37)43(51)49(33)25-30)57-15-5-14-56-40-20-36-34(18-38(40)53-2)42(50)48-24-29(16-32(48)22-46-36)26-6-8-28(9-7-26)44(52)55-4/h6-13,18-25,32-33,45H,5,14-17H2,1-4H3. The molecule has 8 rings (SSSR count). The topological polar surface area (TPSA) is 141 Å². The lowest BCUT2D eigenvalue weighted by Gasteiger charge is -2.19. The van der Waals surface area contributed by atoms with Crippen LogP contribution in [-0.2, 0) is 4.74 Å². The van der Waals surface area contributed by atoms with Crippen molar-refractivity contribution in [3.63, 3.8) is 0 Å². The molecule has 4 aliphatic rings. The first-order valence-electron chi connectivity index (χ1n) is 18.6. The third kappa shape index (κ3) is 7.19. The molecule has 0 saturated heterocycles. The first kappa shape index (κ1) is 37.1. The molecule has 13 nitrogen and oxygen atoms in total.